The summed E-state index contributed by atoms with van der Waals surface area (Å²) in [5.74, 6) is 0. The fourth-order valence-corrected chi connectivity index (χ4v) is 3.96. The number of likely N-dealkylation sites (N-methyl/N-ethyl adjacent to an activating group) is 1. The molecule has 3 heteroatoms. The molecule has 0 spiro atoms. The van der Waals surface area contributed by atoms with E-state index in [9.17, 15) is 0 Å². The molecule has 0 aromatic heterocycles. The highest BCUT2D eigenvalue weighted by atomic mass is 15.3. The lowest BCUT2D eigenvalue weighted by Crippen LogP contribution is -2.56. The third kappa shape index (κ3) is 2.02. The second-order valence-corrected chi connectivity index (χ2v) is 6.40. The molecule has 3 rings (SSSR count). The van der Waals surface area contributed by atoms with Crippen LogP contribution in [0.1, 0.15) is 46.0 Å². The van der Waals surface area contributed by atoms with Gasteiger partial charge >= 0.3 is 0 Å². The maximum atomic E-state index is 6.19. The van der Waals surface area contributed by atoms with Crippen LogP contribution in [0.5, 0.6) is 0 Å². The molecule has 0 aromatic carbocycles. The SMILES string of the molecule is CCN(C1CC1)C1(CN)CC(C)N(C2CC2)C1. The third-order valence-electron chi connectivity index (χ3n) is 5.05. The predicted octanol–water partition coefficient (Wildman–Crippen LogP) is 1.42. The zero-order valence-electron chi connectivity index (χ0n) is 11.4. The first-order chi connectivity index (χ1) is 8.20. The van der Waals surface area contributed by atoms with Crippen molar-refractivity contribution in [3.63, 3.8) is 0 Å². The minimum atomic E-state index is 0.290. The highest BCUT2D eigenvalue weighted by molar-refractivity contribution is 5.09. The van der Waals surface area contributed by atoms with Crippen LogP contribution in [-0.2, 0) is 0 Å². The van der Waals surface area contributed by atoms with E-state index >= 15 is 0 Å². The number of nitrogens with zero attached hydrogens (tertiary/aromatic N) is 2. The fraction of sp³-hybridized carbons (Fsp3) is 1.00. The monoisotopic (exact) mass is 237 g/mol. The summed E-state index contributed by atoms with van der Waals surface area (Å²) < 4.78 is 0. The van der Waals surface area contributed by atoms with Gasteiger partial charge in [0.1, 0.15) is 0 Å². The Morgan fingerprint density at radius 1 is 1.29 bits per heavy atom. The molecule has 17 heavy (non-hydrogen) atoms. The van der Waals surface area contributed by atoms with Crippen molar-refractivity contribution in [2.45, 2.75) is 69.6 Å². The predicted molar refractivity (Wildman–Crippen MR) is 71.0 cm³/mol. The average molecular weight is 237 g/mol. The topological polar surface area (TPSA) is 32.5 Å². The van der Waals surface area contributed by atoms with Gasteiger partial charge in [0.2, 0.25) is 0 Å². The molecule has 0 amide bonds. The van der Waals surface area contributed by atoms with Crippen molar-refractivity contribution in [3.8, 4) is 0 Å². The lowest BCUT2D eigenvalue weighted by molar-refractivity contribution is 0.0948. The minimum absolute atomic E-state index is 0.290. The molecule has 3 fully saturated rings. The Labute approximate surface area is 105 Å². The number of likely N-dealkylation sites (tertiary alicyclic amines) is 1. The molecular formula is C14H27N3. The lowest BCUT2D eigenvalue weighted by Gasteiger charge is -2.40. The Hall–Kier alpha value is -0.120. The maximum Gasteiger partial charge on any atom is 0.0476 e. The quantitative estimate of drug-likeness (QED) is 0.785. The Morgan fingerprint density at radius 2 is 2.00 bits per heavy atom. The van der Waals surface area contributed by atoms with E-state index in [1.807, 2.05) is 0 Å². The summed E-state index contributed by atoms with van der Waals surface area (Å²) in [5, 5.41) is 0. The molecular weight excluding hydrogens is 210 g/mol. The van der Waals surface area contributed by atoms with Crippen LogP contribution in [0.25, 0.3) is 0 Å². The molecule has 1 heterocycles. The summed E-state index contributed by atoms with van der Waals surface area (Å²) in [4.78, 5) is 5.46. The first-order valence-electron chi connectivity index (χ1n) is 7.43. The summed E-state index contributed by atoms with van der Waals surface area (Å²) in [6.07, 6.45) is 6.91. The van der Waals surface area contributed by atoms with Crippen LogP contribution >= 0.6 is 0 Å². The van der Waals surface area contributed by atoms with E-state index in [-0.39, 0.29) is 5.54 Å². The van der Waals surface area contributed by atoms with Gasteiger partial charge in [-0.15, -0.1) is 0 Å². The van der Waals surface area contributed by atoms with E-state index < -0.39 is 0 Å². The molecule has 2 atom stereocenters. The van der Waals surface area contributed by atoms with E-state index in [0.29, 0.717) is 0 Å². The summed E-state index contributed by atoms with van der Waals surface area (Å²) >= 11 is 0. The van der Waals surface area contributed by atoms with Crippen molar-refractivity contribution in [1.82, 2.24) is 9.80 Å². The van der Waals surface area contributed by atoms with E-state index in [2.05, 4.69) is 23.6 Å². The van der Waals surface area contributed by atoms with Crippen LogP contribution in [-0.4, -0.2) is 53.1 Å². The normalized spacial score (nSPS) is 39.2. The molecule has 0 radical (unpaired) electrons. The molecule has 1 saturated heterocycles. The Bertz CT molecular complexity index is 285. The molecule has 2 saturated carbocycles. The fourth-order valence-electron chi connectivity index (χ4n) is 3.96. The summed E-state index contributed by atoms with van der Waals surface area (Å²) in [6.45, 7) is 7.94. The van der Waals surface area contributed by atoms with Crippen molar-refractivity contribution in [2.24, 2.45) is 5.73 Å². The standard InChI is InChI=1S/C14H27N3/c1-3-17(13-6-7-13)14(9-15)8-11(2)16(10-14)12-4-5-12/h11-13H,3-10,15H2,1-2H3. The van der Waals surface area contributed by atoms with E-state index in [0.717, 1.165) is 24.7 Å². The van der Waals surface area contributed by atoms with Crippen LogP contribution in [0, 0.1) is 0 Å². The zero-order valence-corrected chi connectivity index (χ0v) is 11.4. The molecule has 2 unspecified atom stereocenters. The van der Waals surface area contributed by atoms with E-state index in [1.54, 1.807) is 0 Å². The van der Waals surface area contributed by atoms with Crippen molar-refractivity contribution in [3.05, 3.63) is 0 Å². The Morgan fingerprint density at radius 3 is 2.47 bits per heavy atom. The molecule has 0 bridgehead atoms. The van der Waals surface area contributed by atoms with Gasteiger partial charge in [-0.05, 0) is 45.6 Å². The van der Waals surface area contributed by atoms with Crippen molar-refractivity contribution < 1.29 is 0 Å². The van der Waals surface area contributed by atoms with E-state index in [1.165, 1.54) is 45.2 Å². The molecule has 0 aromatic rings. The zero-order chi connectivity index (χ0) is 12.0. The molecule has 2 aliphatic carbocycles. The van der Waals surface area contributed by atoms with Crippen LogP contribution in [0.3, 0.4) is 0 Å². The molecule has 1 aliphatic heterocycles. The second-order valence-electron chi connectivity index (χ2n) is 6.40. The van der Waals surface area contributed by atoms with Crippen LogP contribution in [0.2, 0.25) is 0 Å². The molecule has 3 aliphatic rings. The summed E-state index contributed by atoms with van der Waals surface area (Å²) in [7, 11) is 0. The first-order valence-corrected chi connectivity index (χ1v) is 7.43. The Balaban J connectivity index is 1.77. The number of nitrogens with two attached hydrogens (primary N) is 1. The van der Waals surface area contributed by atoms with Gasteiger partial charge < -0.3 is 5.73 Å². The largest absolute Gasteiger partial charge is 0.329 e. The van der Waals surface area contributed by atoms with Gasteiger partial charge in [0.05, 0.1) is 0 Å². The Kier molecular flexibility index (Phi) is 2.96. The van der Waals surface area contributed by atoms with Gasteiger partial charge in [0.15, 0.2) is 0 Å². The van der Waals surface area contributed by atoms with Gasteiger partial charge in [-0.25, -0.2) is 0 Å². The van der Waals surface area contributed by atoms with Crippen LogP contribution < -0.4 is 5.73 Å². The van der Waals surface area contributed by atoms with Gasteiger partial charge in [-0.2, -0.15) is 0 Å². The lowest BCUT2D eigenvalue weighted by atomic mass is 9.93. The van der Waals surface area contributed by atoms with Gasteiger partial charge in [0.25, 0.3) is 0 Å². The van der Waals surface area contributed by atoms with Gasteiger partial charge in [-0.3, -0.25) is 9.80 Å². The molecule has 2 N–H and O–H groups in total. The molecule has 3 nitrogen and oxygen atoms in total. The number of hydrogen-bond acceptors (Lipinski definition) is 3. The summed E-state index contributed by atoms with van der Waals surface area (Å²) in [6, 6.07) is 2.46. The molecule has 98 valence electrons. The van der Waals surface area contributed by atoms with Crippen LogP contribution in [0.15, 0.2) is 0 Å². The third-order valence-corrected chi connectivity index (χ3v) is 5.05. The van der Waals surface area contributed by atoms with Gasteiger partial charge in [-0.1, -0.05) is 6.92 Å². The van der Waals surface area contributed by atoms with Crippen molar-refractivity contribution >= 4 is 0 Å². The first kappa shape index (κ1) is 11.9. The van der Waals surface area contributed by atoms with E-state index in [4.69, 9.17) is 5.73 Å². The van der Waals surface area contributed by atoms with Crippen molar-refractivity contribution in [1.29, 1.82) is 0 Å². The second kappa shape index (κ2) is 4.22. The highest BCUT2D eigenvalue weighted by Crippen LogP contribution is 2.43. The highest BCUT2D eigenvalue weighted by Gasteiger charge is 2.51. The minimum Gasteiger partial charge on any atom is -0.329 e. The van der Waals surface area contributed by atoms with Crippen molar-refractivity contribution in [2.75, 3.05) is 19.6 Å². The average Bonchev–Trinajstić information content (AvgIpc) is 3.20. The number of rotatable bonds is 5. The maximum absolute atomic E-state index is 6.19. The smallest absolute Gasteiger partial charge is 0.0476 e. The van der Waals surface area contributed by atoms with Gasteiger partial charge in [0, 0.05) is 36.8 Å². The summed E-state index contributed by atoms with van der Waals surface area (Å²) in [5.41, 5.74) is 6.48. The van der Waals surface area contributed by atoms with Crippen LogP contribution in [0.4, 0.5) is 0 Å². The number of hydrogen-bond donors (Lipinski definition) is 1.